The molecule has 0 aliphatic rings. The van der Waals surface area contributed by atoms with Gasteiger partial charge in [0.2, 0.25) is 0 Å². The number of halogens is 1. The highest BCUT2D eigenvalue weighted by molar-refractivity contribution is 6.30. The lowest BCUT2D eigenvalue weighted by atomic mass is 10.1. The third kappa shape index (κ3) is 5.80. The molecule has 0 atom stereocenters. The Morgan fingerprint density at radius 2 is 1.72 bits per heavy atom. The van der Waals surface area contributed by atoms with Crippen molar-refractivity contribution in [2.45, 2.75) is 20.8 Å². The maximum Gasteiger partial charge on any atom is 0.344 e. The fraction of sp³-hybridized carbons (Fsp3) is 0.263. The molecule has 6 heteroatoms. The third-order valence-corrected chi connectivity index (χ3v) is 3.90. The number of hydrogen-bond acceptors (Lipinski definition) is 4. The van der Waals surface area contributed by atoms with E-state index in [0.717, 1.165) is 16.7 Å². The van der Waals surface area contributed by atoms with Crippen LogP contribution in [0.3, 0.4) is 0 Å². The summed E-state index contributed by atoms with van der Waals surface area (Å²) >= 11 is 5.86. The smallest absolute Gasteiger partial charge is 0.344 e. The molecule has 0 unspecified atom stereocenters. The van der Waals surface area contributed by atoms with Gasteiger partial charge in [0.25, 0.3) is 5.91 Å². The van der Waals surface area contributed by atoms with Crippen LogP contribution < -0.4 is 10.1 Å². The van der Waals surface area contributed by atoms with Crippen LogP contribution >= 0.6 is 11.6 Å². The van der Waals surface area contributed by atoms with E-state index in [1.54, 1.807) is 24.3 Å². The Morgan fingerprint density at radius 3 is 2.40 bits per heavy atom. The molecule has 1 amide bonds. The van der Waals surface area contributed by atoms with Crippen LogP contribution in [-0.2, 0) is 14.3 Å². The molecule has 25 heavy (non-hydrogen) atoms. The van der Waals surface area contributed by atoms with Gasteiger partial charge in [-0.25, -0.2) is 4.79 Å². The van der Waals surface area contributed by atoms with Crippen molar-refractivity contribution in [1.82, 2.24) is 0 Å². The number of ether oxygens (including phenoxy) is 2. The fourth-order valence-electron chi connectivity index (χ4n) is 2.09. The minimum absolute atomic E-state index is 0.254. The molecule has 0 radical (unpaired) electrons. The van der Waals surface area contributed by atoms with Crippen LogP contribution in [0.1, 0.15) is 16.7 Å². The maximum atomic E-state index is 11.8. The fourth-order valence-corrected chi connectivity index (χ4v) is 2.31. The first-order valence-corrected chi connectivity index (χ1v) is 8.14. The summed E-state index contributed by atoms with van der Waals surface area (Å²) in [5, 5.41) is 3.25. The standard InChI is InChI=1S/C19H20ClNO4/c1-12-4-6-16(9-13(12)2)24-11-19(23)25-10-18(22)21-17-7-5-15(20)8-14(17)3/h4-9H,10-11H2,1-3H3,(H,21,22). The lowest BCUT2D eigenvalue weighted by Gasteiger charge is -2.10. The van der Waals surface area contributed by atoms with Crippen molar-refractivity contribution >= 4 is 29.2 Å². The molecular weight excluding hydrogens is 342 g/mol. The maximum absolute atomic E-state index is 11.8. The van der Waals surface area contributed by atoms with E-state index in [1.165, 1.54) is 0 Å². The SMILES string of the molecule is Cc1ccc(OCC(=O)OCC(=O)Nc2ccc(Cl)cc2C)cc1C. The Bertz CT molecular complexity index is 789. The highest BCUT2D eigenvalue weighted by atomic mass is 35.5. The van der Waals surface area contributed by atoms with Gasteiger partial charge in [-0.2, -0.15) is 0 Å². The van der Waals surface area contributed by atoms with Crippen LogP contribution in [0.5, 0.6) is 5.75 Å². The monoisotopic (exact) mass is 361 g/mol. The Morgan fingerprint density at radius 1 is 0.960 bits per heavy atom. The summed E-state index contributed by atoms with van der Waals surface area (Å²) in [6.45, 7) is 5.15. The zero-order valence-corrected chi connectivity index (χ0v) is 15.1. The van der Waals surface area contributed by atoms with Crippen LogP contribution in [0, 0.1) is 20.8 Å². The molecule has 2 aromatic rings. The molecule has 2 aromatic carbocycles. The predicted octanol–water partition coefficient (Wildman–Crippen LogP) is 3.83. The zero-order chi connectivity index (χ0) is 18.4. The average molecular weight is 362 g/mol. The Kier molecular flexibility index (Phi) is 6.42. The van der Waals surface area contributed by atoms with E-state index in [1.807, 2.05) is 32.9 Å². The van der Waals surface area contributed by atoms with Crippen molar-refractivity contribution in [1.29, 1.82) is 0 Å². The van der Waals surface area contributed by atoms with Crippen LogP contribution in [0.25, 0.3) is 0 Å². The van der Waals surface area contributed by atoms with Gasteiger partial charge in [0.1, 0.15) is 5.75 Å². The molecule has 0 fully saturated rings. The summed E-state index contributed by atoms with van der Waals surface area (Å²) in [4.78, 5) is 23.5. The summed E-state index contributed by atoms with van der Waals surface area (Å²) in [7, 11) is 0. The van der Waals surface area contributed by atoms with Crippen LogP contribution in [-0.4, -0.2) is 25.1 Å². The topological polar surface area (TPSA) is 64.6 Å². The second-order valence-electron chi connectivity index (χ2n) is 5.70. The number of carbonyl (C=O) groups excluding carboxylic acids is 2. The normalized spacial score (nSPS) is 10.2. The van der Waals surface area contributed by atoms with Crippen LogP contribution in [0.4, 0.5) is 5.69 Å². The molecule has 2 rings (SSSR count). The number of benzene rings is 2. The molecule has 132 valence electrons. The highest BCUT2D eigenvalue weighted by Gasteiger charge is 2.10. The molecule has 0 bridgehead atoms. The second kappa shape index (κ2) is 8.53. The Balaban J connectivity index is 1.77. The summed E-state index contributed by atoms with van der Waals surface area (Å²) < 4.78 is 10.3. The Hall–Kier alpha value is -2.53. The van der Waals surface area contributed by atoms with Gasteiger partial charge >= 0.3 is 5.97 Å². The van der Waals surface area contributed by atoms with E-state index >= 15 is 0 Å². The zero-order valence-electron chi connectivity index (χ0n) is 14.4. The van der Waals surface area contributed by atoms with Gasteiger partial charge in [-0.15, -0.1) is 0 Å². The molecule has 0 aromatic heterocycles. The van der Waals surface area contributed by atoms with Crippen molar-refractivity contribution in [3.8, 4) is 5.75 Å². The van der Waals surface area contributed by atoms with Gasteiger partial charge in [0.05, 0.1) is 0 Å². The van der Waals surface area contributed by atoms with Crippen molar-refractivity contribution in [2.24, 2.45) is 0 Å². The van der Waals surface area contributed by atoms with Crippen molar-refractivity contribution in [3.05, 3.63) is 58.1 Å². The molecule has 1 N–H and O–H groups in total. The number of nitrogens with one attached hydrogen (secondary N) is 1. The number of hydrogen-bond donors (Lipinski definition) is 1. The largest absolute Gasteiger partial charge is 0.482 e. The molecule has 0 heterocycles. The first kappa shape index (κ1) is 18.8. The highest BCUT2D eigenvalue weighted by Crippen LogP contribution is 2.19. The van der Waals surface area contributed by atoms with Crippen molar-refractivity contribution in [3.63, 3.8) is 0 Å². The molecule has 0 aliphatic carbocycles. The van der Waals surface area contributed by atoms with E-state index in [0.29, 0.717) is 16.5 Å². The number of anilines is 1. The molecule has 5 nitrogen and oxygen atoms in total. The van der Waals surface area contributed by atoms with Gasteiger partial charge < -0.3 is 14.8 Å². The number of amides is 1. The average Bonchev–Trinajstić information content (AvgIpc) is 2.56. The van der Waals surface area contributed by atoms with Crippen LogP contribution in [0.2, 0.25) is 5.02 Å². The molecule has 0 spiro atoms. The third-order valence-electron chi connectivity index (χ3n) is 3.66. The van der Waals surface area contributed by atoms with Gasteiger partial charge in [-0.1, -0.05) is 17.7 Å². The summed E-state index contributed by atoms with van der Waals surface area (Å²) in [6, 6.07) is 10.6. The summed E-state index contributed by atoms with van der Waals surface area (Å²) in [5.74, 6) is -0.451. The minimum Gasteiger partial charge on any atom is -0.482 e. The van der Waals surface area contributed by atoms with Gasteiger partial charge in [0.15, 0.2) is 13.2 Å². The van der Waals surface area contributed by atoms with Crippen molar-refractivity contribution < 1.29 is 19.1 Å². The van der Waals surface area contributed by atoms with E-state index in [9.17, 15) is 9.59 Å². The van der Waals surface area contributed by atoms with E-state index in [2.05, 4.69) is 5.32 Å². The summed E-state index contributed by atoms with van der Waals surface area (Å²) in [5.41, 5.74) is 3.66. The first-order chi connectivity index (χ1) is 11.8. The molecule has 0 saturated heterocycles. The van der Waals surface area contributed by atoms with E-state index < -0.39 is 11.9 Å². The predicted molar refractivity (Wildman–Crippen MR) is 97.2 cm³/mol. The Labute approximate surface area is 151 Å². The van der Waals surface area contributed by atoms with Crippen molar-refractivity contribution in [2.75, 3.05) is 18.5 Å². The number of esters is 1. The number of rotatable bonds is 6. The number of aryl methyl sites for hydroxylation is 3. The van der Waals surface area contributed by atoms with E-state index in [4.69, 9.17) is 21.1 Å². The minimum atomic E-state index is -0.610. The molecule has 0 aliphatic heterocycles. The summed E-state index contributed by atoms with van der Waals surface area (Å²) in [6.07, 6.45) is 0. The van der Waals surface area contributed by atoms with E-state index in [-0.39, 0.29) is 13.2 Å². The molecular formula is C19H20ClNO4. The second-order valence-corrected chi connectivity index (χ2v) is 6.14. The van der Waals surface area contributed by atoms with Gasteiger partial charge in [0, 0.05) is 10.7 Å². The van der Waals surface area contributed by atoms with Gasteiger partial charge in [-0.3, -0.25) is 4.79 Å². The lowest BCUT2D eigenvalue weighted by molar-refractivity contribution is -0.149. The lowest BCUT2D eigenvalue weighted by Crippen LogP contribution is -2.24. The first-order valence-electron chi connectivity index (χ1n) is 7.77. The number of carbonyl (C=O) groups is 2. The van der Waals surface area contributed by atoms with Gasteiger partial charge in [-0.05, 0) is 67.8 Å². The molecule has 0 saturated carbocycles. The quantitative estimate of drug-likeness (QED) is 0.794. The van der Waals surface area contributed by atoms with Crippen LogP contribution in [0.15, 0.2) is 36.4 Å².